The van der Waals surface area contributed by atoms with Crippen molar-refractivity contribution in [2.24, 2.45) is 0 Å². The van der Waals surface area contributed by atoms with Crippen molar-refractivity contribution in [1.29, 1.82) is 0 Å². The van der Waals surface area contributed by atoms with Crippen LogP contribution in [0.2, 0.25) is 10.0 Å². The van der Waals surface area contributed by atoms with Crippen molar-refractivity contribution in [3.8, 4) is 11.5 Å². The molecule has 0 aliphatic heterocycles. The second-order valence-electron chi connectivity index (χ2n) is 5.60. The molecule has 0 atom stereocenters. The van der Waals surface area contributed by atoms with Crippen molar-refractivity contribution in [3.63, 3.8) is 0 Å². The summed E-state index contributed by atoms with van der Waals surface area (Å²) in [4.78, 5) is 0. The number of hydrogen-bond donors (Lipinski definition) is 2. The first-order chi connectivity index (χ1) is 13.1. The van der Waals surface area contributed by atoms with E-state index in [1.807, 2.05) is 31.2 Å². The van der Waals surface area contributed by atoms with Gasteiger partial charge >= 0.3 is 0 Å². The molecule has 0 aliphatic carbocycles. The minimum Gasteiger partial charge on any atom is -0.490 e. The molecule has 1 heterocycles. The molecule has 0 bridgehead atoms. The maximum absolute atomic E-state index is 6.20. The molecule has 2 aromatic carbocycles. The number of ether oxygens (including phenoxy) is 2. The summed E-state index contributed by atoms with van der Waals surface area (Å²) in [6, 6.07) is 11.1. The van der Waals surface area contributed by atoms with E-state index in [1.54, 1.807) is 23.1 Å². The first kappa shape index (κ1) is 19.5. The summed E-state index contributed by atoms with van der Waals surface area (Å²) in [5.41, 5.74) is 5.02. The molecule has 0 amide bonds. The van der Waals surface area contributed by atoms with Gasteiger partial charge in [0.15, 0.2) is 11.5 Å². The maximum Gasteiger partial charge on any atom is 0.214 e. The molecule has 27 heavy (non-hydrogen) atoms. The quantitative estimate of drug-likeness (QED) is 0.499. The molecule has 0 saturated heterocycles. The summed E-state index contributed by atoms with van der Waals surface area (Å²) in [6.45, 7) is 3.33. The average molecular weight is 425 g/mol. The first-order valence-corrected chi connectivity index (χ1v) is 9.41. The normalized spacial score (nSPS) is 10.6. The van der Waals surface area contributed by atoms with Gasteiger partial charge in [-0.2, -0.15) is 5.10 Å². The van der Waals surface area contributed by atoms with Gasteiger partial charge in [0.25, 0.3) is 0 Å². The summed E-state index contributed by atoms with van der Waals surface area (Å²) < 4.78 is 13.8. The number of aromatic nitrogens is 3. The van der Waals surface area contributed by atoms with Gasteiger partial charge < -0.3 is 14.9 Å². The number of nitrogens with one attached hydrogen (secondary N) is 2. The van der Waals surface area contributed by atoms with Crippen molar-refractivity contribution in [1.82, 2.24) is 14.9 Å². The van der Waals surface area contributed by atoms with E-state index in [1.165, 1.54) is 0 Å². The largest absolute Gasteiger partial charge is 0.490 e. The molecule has 3 aromatic rings. The van der Waals surface area contributed by atoms with E-state index >= 15 is 0 Å². The minimum atomic E-state index is 0.317. The molecule has 142 valence electrons. The van der Waals surface area contributed by atoms with Crippen LogP contribution in [0.3, 0.4) is 0 Å². The number of halogens is 2. The topological polar surface area (TPSA) is 64.1 Å². The van der Waals surface area contributed by atoms with Crippen LogP contribution >= 0.6 is 35.4 Å². The Bertz CT molecular complexity index is 974. The van der Waals surface area contributed by atoms with E-state index in [-0.39, 0.29) is 0 Å². The third-order valence-electron chi connectivity index (χ3n) is 3.71. The molecule has 0 radical (unpaired) electrons. The third-order valence-corrected chi connectivity index (χ3v) is 4.59. The van der Waals surface area contributed by atoms with Gasteiger partial charge in [0.05, 0.1) is 13.2 Å². The van der Waals surface area contributed by atoms with Crippen LogP contribution < -0.4 is 14.9 Å². The van der Waals surface area contributed by atoms with E-state index < -0.39 is 0 Å². The number of H-pyrrole nitrogens is 1. The van der Waals surface area contributed by atoms with Crippen molar-refractivity contribution in [2.75, 3.05) is 12.0 Å². The van der Waals surface area contributed by atoms with Gasteiger partial charge in [-0.15, -0.1) is 0 Å². The predicted molar refractivity (Wildman–Crippen MR) is 109 cm³/mol. The molecule has 9 heteroatoms. The number of aromatic amines is 1. The fourth-order valence-corrected chi connectivity index (χ4v) is 3.01. The second-order valence-corrected chi connectivity index (χ2v) is 6.84. The lowest BCUT2D eigenvalue weighted by Crippen LogP contribution is -2.13. The van der Waals surface area contributed by atoms with Gasteiger partial charge in [0.2, 0.25) is 4.77 Å². The monoisotopic (exact) mass is 424 g/mol. The van der Waals surface area contributed by atoms with E-state index in [2.05, 4.69) is 15.6 Å². The molecule has 2 N–H and O–H groups in total. The zero-order valence-electron chi connectivity index (χ0n) is 14.5. The molecule has 0 unspecified atom stereocenters. The number of hydrogen-bond acceptors (Lipinski definition) is 5. The van der Waals surface area contributed by atoms with Gasteiger partial charge in [0, 0.05) is 15.6 Å². The molecule has 3 rings (SSSR count). The fourth-order valence-electron chi connectivity index (χ4n) is 2.38. The number of benzene rings is 2. The van der Waals surface area contributed by atoms with E-state index in [4.69, 9.17) is 44.9 Å². The molecular formula is C18H18Cl2N4O2S. The second kappa shape index (κ2) is 9.12. The molecule has 0 fully saturated rings. The lowest BCUT2D eigenvalue weighted by atomic mass is 10.2. The molecule has 0 spiro atoms. The number of rotatable bonds is 8. The molecule has 0 aliphatic rings. The van der Waals surface area contributed by atoms with Crippen molar-refractivity contribution in [3.05, 3.63) is 68.7 Å². The van der Waals surface area contributed by atoms with Crippen molar-refractivity contribution in [2.45, 2.75) is 20.1 Å². The van der Waals surface area contributed by atoms with Crippen LogP contribution in [0, 0.1) is 4.77 Å². The highest BCUT2D eigenvalue weighted by molar-refractivity contribution is 7.71. The summed E-state index contributed by atoms with van der Waals surface area (Å²) in [5.74, 6) is 1.31. The minimum absolute atomic E-state index is 0.317. The van der Waals surface area contributed by atoms with Crippen molar-refractivity contribution < 1.29 is 9.47 Å². The van der Waals surface area contributed by atoms with Gasteiger partial charge in [0.1, 0.15) is 12.9 Å². The van der Waals surface area contributed by atoms with Gasteiger partial charge in [-0.3, -0.25) is 5.10 Å². The van der Waals surface area contributed by atoms with E-state index in [0.29, 0.717) is 46.1 Å². The highest BCUT2D eigenvalue weighted by Crippen LogP contribution is 2.30. The Balaban J connectivity index is 1.71. The molecule has 6 nitrogen and oxygen atoms in total. The smallest absolute Gasteiger partial charge is 0.214 e. The first-order valence-electron chi connectivity index (χ1n) is 8.25. The van der Waals surface area contributed by atoms with Crippen molar-refractivity contribution >= 4 is 35.4 Å². The van der Waals surface area contributed by atoms with Gasteiger partial charge in [-0.05, 0) is 49.0 Å². The van der Waals surface area contributed by atoms with Crippen LogP contribution in [0.1, 0.15) is 18.1 Å². The Hall–Kier alpha value is -2.22. The Kier molecular flexibility index (Phi) is 6.60. The zero-order chi connectivity index (χ0) is 19.2. The van der Waals surface area contributed by atoms with Crippen LogP contribution in [0.4, 0.5) is 0 Å². The molecular weight excluding hydrogens is 407 g/mol. The third kappa shape index (κ3) is 5.15. The Labute approximate surface area is 172 Å². The van der Waals surface area contributed by atoms with Crippen LogP contribution in [0.15, 0.2) is 42.7 Å². The Morgan fingerprint density at radius 3 is 2.70 bits per heavy atom. The molecule has 1 aromatic heterocycles. The summed E-state index contributed by atoms with van der Waals surface area (Å²) in [5, 5.41) is 7.71. The highest BCUT2D eigenvalue weighted by atomic mass is 35.5. The maximum atomic E-state index is 6.20. The summed E-state index contributed by atoms with van der Waals surface area (Å²) >= 11 is 17.2. The SMILES string of the molecule is CCOc1cc(CNn2cn[nH]c2=S)ccc1OCc1ccc(Cl)cc1Cl. The fraction of sp³-hybridized carbons (Fsp3) is 0.222. The summed E-state index contributed by atoms with van der Waals surface area (Å²) in [6.07, 6.45) is 1.58. The van der Waals surface area contributed by atoms with Crippen LogP contribution in [-0.4, -0.2) is 21.5 Å². The standard InChI is InChI=1S/C18H18Cl2N4O2S/c1-2-25-17-7-12(9-22-24-11-21-23-18(24)27)3-6-16(17)26-10-13-4-5-14(19)8-15(13)20/h3-8,11,22H,2,9-10H2,1H3,(H,23,27). The average Bonchev–Trinajstić information content (AvgIpc) is 3.05. The lowest BCUT2D eigenvalue weighted by molar-refractivity contribution is 0.269. The van der Waals surface area contributed by atoms with E-state index in [9.17, 15) is 0 Å². The molecule has 0 saturated carbocycles. The van der Waals surface area contributed by atoms with E-state index in [0.717, 1.165) is 11.1 Å². The Morgan fingerprint density at radius 2 is 2.00 bits per heavy atom. The number of nitrogens with zero attached hydrogens (tertiary/aromatic N) is 2. The lowest BCUT2D eigenvalue weighted by Gasteiger charge is -2.14. The van der Waals surface area contributed by atoms with Crippen LogP contribution in [0.25, 0.3) is 0 Å². The van der Waals surface area contributed by atoms with Crippen LogP contribution in [-0.2, 0) is 13.2 Å². The highest BCUT2D eigenvalue weighted by Gasteiger charge is 2.09. The Morgan fingerprint density at radius 1 is 1.15 bits per heavy atom. The van der Waals surface area contributed by atoms with Gasteiger partial charge in [-0.25, -0.2) is 4.68 Å². The van der Waals surface area contributed by atoms with Crippen LogP contribution in [0.5, 0.6) is 11.5 Å². The predicted octanol–water partition coefficient (Wildman–Crippen LogP) is 4.97. The zero-order valence-corrected chi connectivity index (χ0v) is 16.9. The van der Waals surface area contributed by atoms with Gasteiger partial charge in [-0.1, -0.05) is 35.3 Å². The summed E-state index contributed by atoms with van der Waals surface area (Å²) in [7, 11) is 0.